The molecule has 0 spiro atoms. The maximum absolute atomic E-state index is 11.7. The Morgan fingerprint density at radius 2 is 2.15 bits per heavy atom. The van der Waals surface area contributed by atoms with Crippen molar-refractivity contribution in [3.05, 3.63) is 11.8 Å². The molecule has 0 radical (unpaired) electrons. The van der Waals surface area contributed by atoms with Crippen LogP contribution in [0.15, 0.2) is 11.8 Å². The fourth-order valence-corrected chi connectivity index (χ4v) is 1.74. The summed E-state index contributed by atoms with van der Waals surface area (Å²) in [6.45, 7) is 2.42. The molecule has 1 atom stereocenters. The number of hydrogen-bond donors (Lipinski definition) is 0. The molecule has 2 amide bonds. The van der Waals surface area contributed by atoms with Gasteiger partial charge in [0.15, 0.2) is 0 Å². The van der Waals surface area contributed by atoms with Gasteiger partial charge in [-0.05, 0) is 13.3 Å². The normalized spacial score (nSPS) is 27.8. The number of rotatable bonds is 0. The van der Waals surface area contributed by atoms with E-state index in [2.05, 4.69) is 0 Å². The lowest BCUT2D eigenvalue weighted by atomic mass is 10.1. The second-order valence-electron chi connectivity index (χ2n) is 3.46. The van der Waals surface area contributed by atoms with Gasteiger partial charge in [-0.15, -0.1) is 0 Å². The molecule has 0 aromatic rings. The molecule has 0 aromatic carbocycles. The summed E-state index contributed by atoms with van der Waals surface area (Å²) in [5, 5.41) is 0. The summed E-state index contributed by atoms with van der Waals surface area (Å²) in [5.41, 5.74) is 0.561. The Morgan fingerprint density at radius 3 is 2.85 bits per heavy atom. The number of piperazine rings is 1. The van der Waals surface area contributed by atoms with E-state index in [1.165, 1.54) is 4.90 Å². The number of carbonyl (C=O) groups is 2. The van der Waals surface area contributed by atoms with Crippen molar-refractivity contribution in [2.75, 3.05) is 13.6 Å². The third-order valence-corrected chi connectivity index (χ3v) is 2.73. The van der Waals surface area contributed by atoms with Crippen LogP contribution in [0.2, 0.25) is 0 Å². The zero-order valence-electron chi connectivity index (χ0n) is 7.78. The van der Waals surface area contributed by atoms with Gasteiger partial charge in [0.05, 0.1) is 0 Å². The van der Waals surface area contributed by atoms with Crippen LogP contribution in [-0.4, -0.2) is 41.2 Å². The molecule has 0 aliphatic carbocycles. The largest absolute Gasteiger partial charge is 0.329 e. The fraction of sp³-hybridized carbons (Fsp3) is 0.556. The summed E-state index contributed by atoms with van der Waals surface area (Å²) in [4.78, 5) is 26.4. The van der Waals surface area contributed by atoms with Gasteiger partial charge in [0, 0.05) is 13.6 Å². The number of amides is 2. The van der Waals surface area contributed by atoms with Gasteiger partial charge in [-0.1, -0.05) is 6.08 Å². The Bertz CT molecular complexity index is 309. The average molecular weight is 180 g/mol. The molecule has 2 aliphatic rings. The molecule has 4 nitrogen and oxygen atoms in total. The van der Waals surface area contributed by atoms with Crippen LogP contribution in [0, 0.1) is 0 Å². The van der Waals surface area contributed by atoms with Crippen LogP contribution >= 0.6 is 0 Å². The standard InChI is InChI=1S/C9H12N2O2/c1-6-8(12)11-5-3-4-7(11)9(13)10(6)2/h4,6H,3,5H2,1-2H3/t6-/m1/s1. The highest BCUT2D eigenvalue weighted by atomic mass is 16.2. The van der Waals surface area contributed by atoms with Crippen LogP contribution in [-0.2, 0) is 9.59 Å². The van der Waals surface area contributed by atoms with Crippen LogP contribution < -0.4 is 0 Å². The van der Waals surface area contributed by atoms with Crippen LogP contribution in [0.3, 0.4) is 0 Å². The highest BCUT2D eigenvalue weighted by Gasteiger charge is 2.39. The molecule has 0 N–H and O–H groups in total. The quantitative estimate of drug-likeness (QED) is 0.525. The molecule has 0 bridgehead atoms. The summed E-state index contributed by atoms with van der Waals surface area (Å²) in [7, 11) is 1.67. The Balaban J connectivity index is 2.38. The fourth-order valence-electron chi connectivity index (χ4n) is 1.74. The van der Waals surface area contributed by atoms with Crippen LogP contribution in [0.4, 0.5) is 0 Å². The molecule has 4 heteroatoms. The molecule has 0 unspecified atom stereocenters. The minimum atomic E-state index is -0.317. The van der Waals surface area contributed by atoms with Crippen molar-refractivity contribution in [2.45, 2.75) is 19.4 Å². The molecular formula is C9H12N2O2. The second kappa shape index (κ2) is 2.58. The number of fused-ring (bicyclic) bond motifs is 1. The predicted molar refractivity (Wildman–Crippen MR) is 46.6 cm³/mol. The van der Waals surface area contributed by atoms with Gasteiger partial charge in [0.1, 0.15) is 11.7 Å². The molecule has 1 fully saturated rings. The van der Waals surface area contributed by atoms with E-state index < -0.39 is 0 Å². The summed E-state index contributed by atoms with van der Waals surface area (Å²) in [5.74, 6) is -0.00421. The van der Waals surface area contributed by atoms with E-state index in [1.54, 1.807) is 18.9 Å². The Labute approximate surface area is 76.8 Å². The van der Waals surface area contributed by atoms with Crippen molar-refractivity contribution in [1.29, 1.82) is 0 Å². The number of nitrogens with zero attached hydrogens (tertiary/aromatic N) is 2. The zero-order chi connectivity index (χ0) is 9.59. The molecule has 2 rings (SSSR count). The molecule has 70 valence electrons. The molecule has 2 heterocycles. The van der Waals surface area contributed by atoms with E-state index in [9.17, 15) is 9.59 Å². The lowest BCUT2D eigenvalue weighted by molar-refractivity contribution is -0.147. The zero-order valence-corrected chi connectivity index (χ0v) is 7.78. The predicted octanol–water partition coefficient (Wildman–Crippen LogP) is -0.0369. The monoisotopic (exact) mass is 180 g/mol. The van der Waals surface area contributed by atoms with Gasteiger partial charge in [-0.25, -0.2) is 0 Å². The van der Waals surface area contributed by atoms with Gasteiger partial charge in [0.25, 0.3) is 5.91 Å². The van der Waals surface area contributed by atoms with Gasteiger partial charge < -0.3 is 9.80 Å². The molecule has 0 saturated carbocycles. The molecular weight excluding hydrogens is 168 g/mol. The first-order valence-electron chi connectivity index (χ1n) is 4.41. The third kappa shape index (κ3) is 0.978. The van der Waals surface area contributed by atoms with Gasteiger partial charge in [-0.2, -0.15) is 0 Å². The smallest absolute Gasteiger partial charge is 0.270 e. The third-order valence-electron chi connectivity index (χ3n) is 2.73. The van der Waals surface area contributed by atoms with Gasteiger partial charge >= 0.3 is 0 Å². The SMILES string of the molecule is C[C@@H]1C(=O)N2CCC=C2C(=O)N1C. The van der Waals surface area contributed by atoms with Crippen molar-refractivity contribution in [1.82, 2.24) is 9.80 Å². The van der Waals surface area contributed by atoms with E-state index in [1.807, 2.05) is 6.08 Å². The van der Waals surface area contributed by atoms with E-state index in [4.69, 9.17) is 0 Å². The molecule has 13 heavy (non-hydrogen) atoms. The Hall–Kier alpha value is -1.32. The second-order valence-corrected chi connectivity index (χ2v) is 3.46. The first-order chi connectivity index (χ1) is 6.13. The maximum atomic E-state index is 11.7. The Kier molecular flexibility index (Phi) is 1.65. The van der Waals surface area contributed by atoms with Crippen molar-refractivity contribution in [2.24, 2.45) is 0 Å². The van der Waals surface area contributed by atoms with Crippen LogP contribution in [0.1, 0.15) is 13.3 Å². The number of carbonyl (C=O) groups excluding carboxylic acids is 2. The lowest BCUT2D eigenvalue weighted by Crippen LogP contribution is -2.54. The average Bonchev–Trinajstić information content (AvgIpc) is 2.59. The molecule has 2 aliphatic heterocycles. The highest BCUT2D eigenvalue weighted by Crippen LogP contribution is 2.24. The van der Waals surface area contributed by atoms with E-state index in [-0.39, 0.29) is 17.9 Å². The minimum absolute atomic E-state index is 0.0332. The van der Waals surface area contributed by atoms with Crippen molar-refractivity contribution < 1.29 is 9.59 Å². The van der Waals surface area contributed by atoms with Gasteiger partial charge in [0.2, 0.25) is 5.91 Å². The molecule has 1 saturated heterocycles. The summed E-state index contributed by atoms with van der Waals surface area (Å²) < 4.78 is 0. The first-order valence-corrected chi connectivity index (χ1v) is 4.41. The van der Waals surface area contributed by atoms with Crippen LogP contribution in [0.25, 0.3) is 0 Å². The number of likely N-dealkylation sites (N-methyl/N-ethyl adjacent to an activating group) is 1. The summed E-state index contributed by atoms with van der Waals surface area (Å²) in [6.07, 6.45) is 2.63. The molecule has 0 aromatic heterocycles. The van der Waals surface area contributed by atoms with Crippen molar-refractivity contribution in [3.63, 3.8) is 0 Å². The van der Waals surface area contributed by atoms with Crippen molar-refractivity contribution >= 4 is 11.8 Å². The van der Waals surface area contributed by atoms with Crippen LogP contribution in [0.5, 0.6) is 0 Å². The number of hydrogen-bond acceptors (Lipinski definition) is 2. The van der Waals surface area contributed by atoms with E-state index in [0.717, 1.165) is 6.42 Å². The van der Waals surface area contributed by atoms with Crippen molar-refractivity contribution in [3.8, 4) is 0 Å². The summed E-state index contributed by atoms with van der Waals surface area (Å²) >= 11 is 0. The minimum Gasteiger partial charge on any atom is -0.329 e. The Morgan fingerprint density at radius 1 is 1.46 bits per heavy atom. The summed E-state index contributed by atoms with van der Waals surface area (Å²) in [6, 6.07) is -0.317. The first kappa shape index (κ1) is 8.29. The maximum Gasteiger partial charge on any atom is 0.270 e. The van der Waals surface area contributed by atoms with E-state index in [0.29, 0.717) is 12.2 Å². The van der Waals surface area contributed by atoms with E-state index >= 15 is 0 Å². The highest BCUT2D eigenvalue weighted by molar-refractivity contribution is 6.04. The van der Waals surface area contributed by atoms with Gasteiger partial charge in [-0.3, -0.25) is 9.59 Å². The topological polar surface area (TPSA) is 40.6 Å². The lowest BCUT2D eigenvalue weighted by Gasteiger charge is -2.35.